The van der Waals surface area contributed by atoms with Gasteiger partial charge in [-0.3, -0.25) is 10.1 Å². The Morgan fingerprint density at radius 1 is 1.36 bits per heavy atom. The summed E-state index contributed by atoms with van der Waals surface area (Å²) >= 11 is 0. The maximum Gasteiger partial charge on any atom is 0.496 e. The highest BCUT2D eigenvalue weighted by molar-refractivity contribution is 6.62. The quantitative estimate of drug-likeness (QED) is 0.516. The molecule has 0 saturated carbocycles. The molecule has 4 rings (SSSR count). The molecular formula is C17H18BNO6. The van der Waals surface area contributed by atoms with Crippen molar-refractivity contribution >= 4 is 12.6 Å². The first kappa shape index (κ1) is 17.3. The lowest BCUT2D eigenvalue weighted by atomic mass is 9.78. The molecule has 0 radical (unpaired) electrons. The Labute approximate surface area is 145 Å². The van der Waals surface area contributed by atoms with E-state index in [9.17, 15) is 15.1 Å². The molecule has 2 aliphatic heterocycles. The summed E-state index contributed by atoms with van der Waals surface area (Å²) in [6, 6.07) is 13.3. The van der Waals surface area contributed by atoms with Crippen LogP contribution < -0.4 is 14.9 Å². The predicted molar refractivity (Wildman–Crippen MR) is 91.7 cm³/mol. The third-order valence-corrected chi connectivity index (χ3v) is 3.91. The second-order valence-corrected chi connectivity index (χ2v) is 5.62. The van der Waals surface area contributed by atoms with E-state index in [4.69, 9.17) is 14.1 Å². The van der Waals surface area contributed by atoms with E-state index in [2.05, 4.69) is 12.1 Å². The lowest BCUT2D eigenvalue weighted by Crippen LogP contribution is -2.29. The van der Waals surface area contributed by atoms with E-state index in [0.717, 1.165) is 12.4 Å². The molecule has 2 bridgehead atoms. The van der Waals surface area contributed by atoms with Crippen molar-refractivity contribution in [2.45, 2.75) is 19.6 Å². The van der Waals surface area contributed by atoms with Gasteiger partial charge in [0.25, 0.3) is 0 Å². The molecule has 0 aliphatic carbocycles. The molecule has 7 nitrogen and oxygen atoms in total. The highest BCUT2D eigenvalue weighted by Gasteiger charge is 2.40. The summed E-state index contributed by atoms with van der Waals surface area (Å²) in [7, 11) is -1.15. The number of nitro groups is 1. The number of fused-ring (bicyclic) bond motifs is 3. The fourth-order valence-electron chi connectivity index (χ4n) is 2.85. The summed E-state index contributed by atoms with van der Waals surface area (Å²) in [5, 5.41) is 20.2. The average molecular weight is 343 g/mol. The van der Waals surface area contributed by atoms with Crippen molar-refractivity contribution in [3.63, 3.8) is 0 Å². The third-order valence-electron chi connectivity index (χ3n) is 3.91. The summed E-state index contributed by atoms with van der Waals surface area (Å²) in [6.45, 7) is 2.70. The average Bonchev–Trinajstić information content (AvgIpc) is 3.08. The summed E-state index contributed by atoms with van der Waals surface area (Å²) in [6.07, 6.45) is -0.713. The highest BCUT2D eigenvalue weighted by Crippen LogP contribution is 2.27. The molecule has 0 saturated heterocycles. The fraction of sp³-hybridized carbons (Fsp3) is 0.294. The van der Waals surface area contributed by atoms with E-state index >= 15 is 0 Å². The molecule has 2 aromatic carbocycles. The van der Waals surface area contributed by atoms with Crippen LogP contribution in [0.25, 0.3) is 0 Å². The van der Waals surface area contributed by atoms with Gasteiger partial charge in [-0.1, -0.05) is 24.3 Å². The van der Waals surface area contributed by atoms with Gasteiger partial charge in [0.05, 0.1) is 6.61 Å². The van der Waals surface area contributed by atoms with Crippen LogP contribution in [0.3, 0.4) is 0 Å². The van der Waals surface area contributed by atoms with E-state index < -0.39 is 18.1 Å². The van der Waals surface area contributed by atoms with Gasteiger partial charge in [-0.05, 0) is 36.2 Å². The van der Waals surface area contributed by atoms with Crippen molar-refractivity contribution < 1.29 is 24.1 Å². The van der Waals surface area contributed by atoms with Gasteiger partial charge < -0.3 is 19.2 Å². The molecule has 2 aliphatic rings. The minimum atomic E-state index is -1.15. The minimum Gasteiger partial charge on any atom is -0.494 e. The molecule has 130 valence electrons. The van der Waals surface area contributed by atoms with Gasteiger partial charge in [0, 0.05) is 10.4 Å². The largest absolute Gasteiger partial charge is 0.496 e. The molecule has 1 N–H and O–H groups in total. The Bertz CT molecular complexity index is 749. The standard InChI is InChI=1S/C10H12BNO5.C7H6O/c1-2-16-8-5-3-4-7-9(6-12(14)15)17-11(13)10(7)8;1-2-6-4-7(3-1)8-5-6/h3-5,9,13H,2,6H2,1H3;1-4H,5H2. The molecule has 0 fully saturated rings. The summed E-state index contributed by atoms with van der Waals surface area (Å²) < 4.78 is 15.7. The van der Waals surface area contributed by atoms with E-state index in [1.54, 1.807) is 18.2 Å². The molecular weight excluding hydrogens is 325 g/mol. The van der Waals surface area contributed by atoms with Crippen molar-refractivity contribution in [1.29, 1.82) is 0 Å². The highest BCUT2D eigenvalue weighted by atomic mass is 16.6. The number of hydrogen-bond acceptors (Lipinski definition) is 6. The Kier molecular flexibility index (Phi) is 5.21. The van der Waals surface area contributed by atoms with Gasteiger partial charge >= 0.3 is 7.12 Å². The smallest absolute Gasteiger partial charge is 0.494 e. The van der Waals surface area contributed by atoms with Crippen LogP contribution in [0.15, 0.2) is 42.5 Å². The van der Waals surface area contributed by atoms with Crippen LogP contribution >= 0.6 is 0 Å². The maximum absolute atomic E-state index is 10.5. The molecule has 1 unspecified atom stereocenters. The van der Waals surface area contributed by atoms with Gasteiger partial charge in [-0.2, -0.15) is 0 Å². The zero-order valence-corrected chi connectivity index (χ0v) is 13.8. The number of rotatable bonds is 4. The van der Waals surface area contributed by atoms with Crippen LogP contribution in [-0.2, 0) is 11.3 Å². The molecule has 8 heteroatoms. The third kappa shape index (κ3) is 3.92. The van der Waals surface area contributed by atoms with Crippen LogP contribution in [-0.4, -0.2) is 30.2 Å². The maximum atomic E-state index is 10.5. The van der Waals surface area contributed by atoms with E-state index in [1.165, 1.54) is 5.56 Å². The number of ether oxygens (including phenoxy) is 2. The van der Waals surface area contributed by atoms with E-state index in [-0.39, 0.29) is 6.54 Å². The lowest BCUT2D eigenvalue weighted by Gasteiger charge is -2.09. The monoisotopic (exact) mass is 343 g/mol. The lowest BCUT2D eigenvalue weighted by molar-refractivity contribution is -0.490. The van der Waals surface area contributed by atoms with Gasteiger partial charge in [-0.25, -0.2) is 0 Å². The Balaban J connectivity index is 0.000000188. The normalized spacial score (nSPS) is 16.6. The second-order valence-electron chi connectivity index (χ2n) is 5.62. The van der Waals surface area contributed by atoms with E-state index in [0.29, 0.717) is 23.4 Å². The topological polar surface area (TPSA) is 91.1 Å². The number of hydrogen-bond donors (Lipinski definition) is 1. The second kappa shape index (κ2) is 7.54. The SMILES string of the molecule is CCOc1cccc2c1B(O)OC2C[N+](=O)[O-].c1cc2cc(c1)OC2. The van der Waals surface area contributed by atoms with E-state index in [1.807, 2.05) is 19.1 Å². The summed E-state index contributed by atoms with van der Waals surface area (Å²) in [5.41, 5.74) is 2.41. The molecule has 25 heavy (non-hydrogen) atoms. The predicted octanol–water partition coefficient (Wildman–Crippen LogP) is 1.70. The van der Waals surface area contributed by atoms with Crippen molar-refractivity contribution in [2.75, 3.05) is 13.2 Å². The van der Waals surface area contributed by atoms with Crippen LogP contribution in [0.4, 0.5) is 0 Å². The van der Waals surface area contributed by atoms with Crippen molar-refractivity contribution in [3.05, 3.63) is 63.7 Å². The Morgan fingerprint density at radius 3 is 2.84 bits per heavy atom. The Hall–Kier alpha value is -2.58. The minimum absolute atomic E-state index is 0.361. The first-order chi connectivity index (χ1) is 12.1. The van der Waals surface area contributed by atoms with Gasteiger partial charge in [0.1, 0.15) is 24.2 Å². The fourth-order valence-corrected chi connectivity index (χ4v) is 2.85. The van der Waals surface area contributed by atoms with Gasteiger partial charge in [0.15, 0.2) is 0 Å². The zero-order valence-electron chi connectivity index (χ0n) is 13.8. The molecule has 2 heterocycles. The summed E-state index contributed by atoms with van der Waals surface area (Å²) in [5.74, 6) is 1.52. The van der Waals surface area contributed by atoms with Gasteiger partial charge in [0.2, 0.25) is 6.54 Å². The van der Waals surface area contributed by atoms with Crippen LogP contribution in [0.2, 0.25) is 0 Å². The summed E-state index contributed by atoms with van der Waals surface area (Å²) in [4.78, 5) is 10.0. The molecule has 0 spiro atoms. The molecule has 0 aromatic heterocycles. The first-order valence-corrected chi connectivity index (χ1v) is 8.01. The molecule has 1 atom stereocenters. The Morgan fingerprint density at radius 2 is 2.16 bits per heavy atom. The number of benzene rings is 2. The molecule has 0 amide bonds. The number of nitrogens with zero attached hydrogens (tertiary/aromatic N) is 1. The van der Waals surface area contributed by atoms with Crippen molar-refractivity contribution in [1.82, 2.24) is 0 Å². The van der Waals surface area contributed by atoms with Crippen molar-refractivity contribution in [3.8, 4) is 11.5 Å². The van der Waals surface area contributed by atoms with Crippen LogP contribution in [0.1, 0.15) is 24.2 Å². The van der Waals surface area contributed by atoms with Gasteiger partial charge in [-0.15, -0.1) is 0 Å². The zero-order chi connectivity index (χ0) is 17.8. The van der Waals surface area contributed by atoms with Crippen LogP contribution in [0.5, 0.6) is 11.5 Å². The molecule has 2 aromatic rings. The first-order valence-electron chi connectivity index (χ1n) is 8.01. The van der Waals surface area contributed by atoms with Crippen molar-refractivity contribution in [2.24, 2.45) is 0 Å². The van der Waals surface area contributed by atoms with Crippen LogP contribution in [0, 0.1) is 10.1 Å².